The molecule has 0 N–H and O–H groups in total. The molecule has 0 saturated heterocycles. The van der Waals surface area contributed by atoms with Gasteiger partial charge < -0.3 is 0 Å². The second-order valence-corrected chi connectivity index (χ2v) is 0. The molecule has 7 heavy (non-hydrogen) atoms. The van der Waals surface area contributed by atoms with Crippen LogP contribution in [0.3, 0.4) is 0 Å². The minimum atomic E-state index is 0. The first-order chi connectivity index (χ1) is 2.00. The van der Waals surface area contributed by atoms with Crippen molar-refractivity contribution in [2.24, 2.45) is 0 Å². The molecule has 0 aliphatic heterocycles. The molecule has 0 radical (unpaired) electrons. The molecule has 0 saturated carbocycles. The van der Waals surface area contributed by atoms with E-state index >= 15 is 0 Å². The van der Waals surface area contributed by atoms with E-state index in [1.807, 2.05) is 27.7 Å². The van der Waals surface area contributed by atoms with Crippen LogP contribution in [-0.2, 0) is 0 Å². The van der Waals surface area contributed by atoms with Crippen LogP contribution >= 0.6 is 0 Å². The first kappa shape index (κ1) is 71.0. The summed E-state index contributed by atoms with van der Waals surface area (Å²) in [5.41, 5.74) is 0. The van der Waals surface area contributed by atoms with Crippen LogP contribution in [0, 0.1) is 0 Å². The Kier molecular flexibility index (Phi) is 30600. The van der Waals surface area contributed by atoms with E-state index < -0.39 is 0 Å². The molecule has 0 aromatic rings. The standard InChI is InChI=1S/2C2H6.3FH/c2*1-2;;;/h2*1-2H3;3*1H. The van der Waals surface area contributed by atoms with Crippen molar-refractivity contribution in [3.8, 4) is 0 Å². The van der Waals surface area contributed by atoms with Crippen LogP contribution in [0.2, 0.25) is 0 Å². The zero-order chi connectivity index (χ0) is 4.00. The van der Waals surface area contributed by atoms with Gasteiger partial charge in [0.15, 0.2) is 0 Å². The molecule has 0 atom stereocenters. The van der Waals surface area contributed by atoms with E-state index in [4.69, 9.17) is 0 Å². The predicted molar refractivity (Wildman–Crippen MR) is 30.2 cm³/mol. The lowest BCUT2D eigenvalue weighted by Crippen LogP contribution is -0.856. The lowest BCUT2D eigenvalue weighted by molar-refractivity contribution is 1.11. The quantitative estimate of drug-likeness (QED) is 0.460. The third-order valence-corrected chi connectivity index (χ3v) is 0. The maximum absolute atomic E-state index is 2.00. The van der Waals surface area contributed by atoms with Crippen LogP contribution in [0.5, 0.6) is 0 Å². The van der Waals surface area contributed by atoms with Crippen molar-refractivity contribution in [2.75, 3.05) is 0 Å². The summed E-state index contributed by atoms with van der Waals surface area (Å²) in [4.78, 5) is 0. The molecule has 0 spiro atoms. The summed E-state index contributed by atoms with van der Waals surface area (Å²) >= 11 is 0. The Morgan fingerprint density at radius 1 is 0.429 bits per heavy atom. The Balaban J connectivity index is -0.00000000267. The molecule has 3 heteroatoms. The Morgan fingerprint density at radius 3 is 0.429 bits per heavy atom. The summed E-state index contributed by atoms with van der Waals surface area (Å²) in [5, 5.41) is 0. The molecule has 0 fully saturated rings. The van der Waals surface area contributed by atoms with Crippen molar-refractivity contribution in [2.45, 2.75) is 27.7 Å². The summed E-state index contributed by atoms with van der Waals surface area (Å²) < 4.78 is 0. The molecule has 0 aromatic carbocycles. The normalized spacial score (nSPS) is 1.71. The lowest BCUT2D eigenvalue weighted by Gasteiger charge is -1.07. The highest BCUT2D eigenvalue weighted by Gasteiger charge is 0.934. The van der Waals surface area contributed by atoms with Crippen LogP contribution < -0.4 is 0 Å². The van der Waals surface area contributed by atoms with Crippen LogP contribution in [0.4, 0.5) is 14.1 Å². The smallest absolute Gasteiger partial charge is 0.0683 e. The zero-order valence-corrected chi connectivity index (χ0v) is 5.22. The average Bonchev–Trinajstić information content (AvgIpc) is 1.50. The molecule has 0 aromatic heterocycles. The van der Waals surface area contributed by atoms with Gasteiger partial charge in [-0.3, -0.25) is 14.1 Å². The molecule has 52 valence electrons. The fraction of sp³-hybridized carbons (Fsp3) is 1.00. The molecule has 0 aliphatic rings. The molecular formula is C4H15F3. The minimum Gasteiger partial charge on any atom is -0.269 e. The van der Waals surface area contributed by atoms with Gasteiger partial charge in [0.25, 0.3) is 0 Å². The third-order valence-electron chi connectivity index (χ3n) is 0. The van der Waals surface area contributed by atoms with E-state index in [2.05, 4.69) is 0 Å². The second kappa shape index (κ2) is 3010. The van der Waals surface area contributed by atoms with Gasteiger partial charge in [0.05, 0.1) is 0 Å². The van der Waals surface area contributed by atoms with Gasteiger partial charge in [-0.15, -0.1) is 0 Å². The molecule has 0 bridgehead atoms. The molecule has 0 heterocycles. The van der Waals surface area contributed by atoms with E-state index in [1.54, 1.807) is 0 Å². The minimum absolute atomic E-state index is 0. The predicted octanol–water partition coefficient (Wildman–Crippen LogP) is 2.51. The van der Waals surface area contributed by atoms with Gasteiger partial charge in [0.1, 0.15) is 0 Å². The SMILES string of the molecule is CC.CC.F.F.F. The van der Waals surface area contributed by atoms with Gasteiger partial charge in [-0.2, -0.15) is 0 Å². The summed E-state index contributed by atoms with van der Waals surface area (Å²) in [6.07, 6.45) is 0. The van der Waals surface area contributed by atoms with E-state index in [1.165, 1.54) is 0 Å². The van der Waals surface area contributed by atoms with Gasteiger partial charge in [-0.25, -0.2) is 0 Å². The molecule has 0 amide bonds. The average molecular weight is 120 g/mol. The fourth-order valence-electron chi connectivity index (χ4n) is 0. The van der Waals surface area contributed by atoms with E-state index in [0.717, 1.165) is 0 Å². The molecular weight excluding hydrogens is 105 g/mol. The van der Waals surface area contributed by atoms with Crippen LogP contribution in [0.15, 0.2) is 0 Å². The summed E-state index contributed by atoms with van der Waals surface area (Å²) in [5.74, 6) is 0. The van der Waals surface area contributed by atoms with Crippen molar-refractivity contribution < 1.29 is 14.1 Å². The maximum atomic E-state index is 2.00. The largest absolute Gasteiger partial charge is 0.269 e. The summed E-state index contributed by atoms with van der Waals surface area (Å²) in [7, 11) is 0. The molecule has 0 unspecified atom stereocenters. The highest BCUT2D eigenvalue weighted by molar-refractivity contribution is 3.51. The Morgan fingerprint density at radius 2 is 0.429 bits per heavy atom. The topological polar surface area (TPSA) is 0 Å². The van der Waals surface area contributed by atoms with E-state index in [-0.39, 0.29) is 14.1 Å². The molecule has 0 aliphatic carbocycles. The summed E-state index contributed by atoms with van der Waals surface area (Å²) in [6.45, 7) is 8.00. The van der Waals surface area contributed by atoms with Crippen LogP contribution in [0.25, 0.3) is 0 Å². The Hall–Kier alpha value is -0.210. The number of halogens is 3. The van der Waals surface area contributed by atoms with Gasteiger partial charge >= 0.3 is 0 Å². The van der Waals surface area contributed by atoms with Gasteiger partial charge in [0.2, 0.25) is 0 Å². The van der Waals surface area contributed by atoms with Crippen LogP contribution in [0.1, 0.15) is 27.7 Å². The Labute approximate surface area is 43.0 Å². The van der Waals surface area contributed by atoms with Gasteiger partial charge in [-0.05, 0) is 0 Å². The van der Waals surface area contributed by atoms with Crippen LogP contribution in [-0.4, -0.2) is 0 Å². The second-order valence-electron chi connectivity index (χ2n) is 0. The number of rotatable bonds is 0. The first-order valence-corrected chi connectivity index (χ1v) is 2.00. The zero-order valence-electron chi connectivity index (χ0n) is 5.22. The molecule has 0 rings (SSSR count). The van der Waals surface area contributed by atoms with Crippen molar-refractivity contribution in [1.29, 1.82) is 0 Å². The van der Waals surface area contributed by atoms with Crippen molar-refractivity contribution in [1.82, 2.24) is 0 Å². The molecule has 0 nitrogen and oxygen atoms in total. The van der Waals surface area contributed by atoms with Crippen molar-refractivity contribution in [3.05, 3.63) is 0 Å². The third kappa shape index (κ3) is 1890. The van der Waals surface area contributed by atoms with Crippen molar-refractivity contribution in [3.63, 3.8) is 0 Å². The number of hydrogen-bond acceptors (Lipinski definition) is 0. The van der Waals surface area contributed by atoms with Gasteiger partial charge in [-0.1, -0.05) is 27.7 Å². The van der Waals surface area contributed by atoms with E-state index in [0.29, 0.717) is 0 Å². The first-order valence-electron chi connectivity index (χ1n) is 2.00. The maximum Gasteiger partial charge on any atom is -0.0683 e. The fourth-order valence-corrected chi connectivity index (χ4v) is 0. The monoisotopic (exact) mass is 120 g/mol. The van der Waals surface area contributed by atoms with E-state index in [9.17, 15) is 0 Å². The highest BCUT2D eigenvalue weighted by Crippen LogP contribution is 1.15. The van der Waals surface area contributed by atoms with Gasteiger partial charge in [0, 0.05) is 0 Å². The summed E-state index contributed by atoms with van der Waals surface area (Å²) in [6, 6.07) is 0. The highest BCUT2D eigenvalue weighted by atomic mass is 19.0. The lowest BCUT2D eigenvalue weighted by atomic mass is 11.0. The Bertz CT molecular complexity index is 6.90. The number of hydrogen-bond donors (Lipinski definition) is 0. The van der Waals surface area contributed by atoms with Crippen molar-refractivity contribution >= 4 is 0 Å².